The lowest BCUT2D eigenvalue weighted by molar-refractivity contribution is -0.114. The number of pyridine rings is 1. The van der Waals surface area contributed by atoms with Crippen molar-refractivity contribution in [3.05, 3.63) is 59.3 Å². The predicted molar refractivity (Wildman–Crippen MR) is 88.8 cm³/mol. The van der Waals surface area contributed by atoms with Crippen molar-refractivity contribution in [3.8, 4) is 0 Å². The Hall–Kier alpha value is -3.16. The fourth-order valence-corrected chi connectivity index (χ4v) is 2.40. The summed E-state index contributed by atoms with van der Waals surface area (Å²) in [6.07, 6.45) is -2.23. The van der Waals surface area contributed by atoms with E-state index in [1.165, 1.54) is 18.3 Å². The second kappa shape index (κ2) is 6.04. The zero-order valence-electron chi connectivity index (χ0n) is 13.1. The van der Waals surface area contributed by atoms with Gasteiger partial charge in [-0.2, -0.15) is 23.3 Å². The molecule has 0 radical (unpaired) electrons. The maximum absolute atomic E-state index is 13.3. The molecule has 8 heteroatoms. The average molecular weight is 346 g/mol. The molecule has 1 aliphatic heterocycles. The molecule has 0 saturated carbocycles. The highest BCUT2D eigenvalue weighted by atomic mass is 19.4. The van der Waals surface area contributed by atoms with Gasteiger partial charge < -0.3 is 5.73 Å². The number of halogens is 3. The fourth-order valence-electron chi connectivity index (χ4n) is 2.40. The lowest BCUT2D eigenvalue weighted by Gasteiger charge is -2.09. The minimum atomic E-state index is -4.77. The molecule has 1 aromatic carbocycles. The van der Waals surface area contributed by atoms with Gasteiger partial charge in [-0.1, -0.05) is 12.1 Å². The maximum Gasteiger partial charge on any atom is 0.435 e. The van der Waals surface area contributed by atoms with Crippen LogP contribution in [0.4, 0.5) is 24.7 Å². The van der Waals surface area contributed by atoms with Gasteiger partial charge in [-0.05, 0) is 48.4 Å². The van der Waals surface area contributed by atoms with Gasteiger partial charge in [0.1, 0.15) is 0 Å². The number of carbonyl (C=O) groups excluding carboxylic acids is 1. The van der Waals surface area contributed by atoms with E-state index in [9.17, 15) is 18.0 Å². The molecule has 5 nitrogen and oxygen atoms in total. The maximum atomic E-state index is 13.3. The first-order chi connectivity index (χ1) is 11.8. The Bertz CT molecular complexity index is 889. The fraction of sp³-hybridized carbons (Fsp3) is 0.118. The van der Waals surface area contributed by atoms with E-state index in [1.54, 1.807) is 37.3 Å². The molecule has 0 atom stereocenters. The van der Waals surface area contributed by atoms with Crippen LogP contribution in [0.1, 0.15) is 11.1 Å². The number of nitrogen functional groups attached to an aromatic ring is 1. The summed E-state index contributed by atoms with van der Waals surface area (Å²) in [6, 6.07) is 9.29. The Morgan fingerprint density at radius 3 is 2.56 bits per heavy atom. The zero-order valence-corrected chi connectivity index (χ0v) is 13.1. The van der Waals surface area contributed by atoms with E-state index in [1.807, 2.05) is 0 Å². The number of nitrogens with zero attached hydrogens (tertiary/aromatic N) is 3. The lowest BCUT2D eigenvalue weighted by atomic mass is 10.0. The molecule has 0 bridgehead atoms. The molecular formula is C17H13F3N4O. The predicted octanol–water partition coefficient (Wildman–Crippen LogP) is 3.32. The van der Waals surface area contributed by atoms with E-state index >= 15 is 0 Å². The molecule has 2 N–H and O–H groups in total. The zero-order chi connectivity index (χ0) is 18.2. The molecule has 1 aromatic heterocycles. The van der Waals surface area contributed by atoms with E-state index in [0.717, 1.165) is 0 Å². The van der Waals surface area contributed by atoms with Crippen LogP contribution in [-0.4, -0.2) is 22.8 Å². The molecule has 25 heavy (non-hydrogen) atoms. The molecule has 0 spiro atoms. The number of rotatable bonds is 2. The quantitative estimate of drug-likeness (QED) is 0.670. The molecule has 1 aliphatic rings. The highest BCUT2D eigenvalue weighted by Crippen LogP contribution is 2.32. The Kier molecular flexibility index (Phi) is 4.03. The topological polar surface area (TPSA) is 71.6 Å². The van der Waals surface area contributed by atoms with Gasteiger partial charge in [0, 0.05) is 11.9 Å². The molecular weight excluding hydrogens is 333 g/mol. The number of carbonyl (C=O) groups is 1. The summed E-state index contributed by atoms with van der Waals surface area (Å²) >= 11 is 0. The molecule has 2 heterocycles. The number of anilines is 2. The molecule has 0 aliphatic carbocycles. The lowest BCUT2D eigenvalue weighted by Crippen LogP contribution is -2.25. The van der Waals surface area contributed by atoms with Gasteiger partial charge in [0.15, 0.2) is 11.5 Å². The highest BCUT2D eigenvalue weighted by molar-refractivity contribution is 6.34. The summed E-state index contributed by atoms with van der Waals surface area (Å²) in [5.41, 5.74) is 5.45. The second-order valence-corrected chi connectivity index (χ2v) is 5.43. The SMILES string of the molecule is Cc1cc(N)ccc1/C=C1\C(=O)N(c2ccccn2)N=C1C(F)(F)F. The van der Waals surface area contributed by atoms with Gasteiger partial charge >= 0.3 is 6.18 Å². The molecule has 0 unspecified atom stereocenters. The standard InChI is InChI=1S/C17H13F3N4O/c1-10-8-12(21)6-5-11(10)9-13-15(17(18,19)20)23-24(16(13)25)14-4-2-3-7-22-14/h2-9H,21H2,1H3/b13-9-. The van der Waals surface area contributed by atoms with Crippen molar-refractivity contribution in [2.75, 3.05) is 10.7 Å². The number of benzene rings is 1. The van der Waals surface area contributed by atoms with Crippen molar-refractivity contribution in [2.45, 2.75) is 13.1 Å². The average Bonchev–Trinajstić information content (AvgIpc) is 2.88. The monoisotopic (exact) mass is 346 g/mol. The number of hydrogen-bond donors (Lipinski definition) is 1. The van der Waals surface area contributed by atoms with Crippen molar-refractivity contribution >= 4 is 29.2 Å². The molecule has 128 valence electrons. The van der Waals surface area contributed by atoms with Crippen LogP contribution in [0.25, 0.3) is 6.08 Å². The molecule has 3 rings (SSSR count). The van der Waals surface area contributed by atoms with Crippen LogP contribution in [0.15, 0.2) is 53.3 Å². The van der Waals surface area contributed by atoms with Gasteiger partial charge in [-0.3, -0.25) is 4.79 Å². The number of hydrogen-bond acceptors (Lipinski definition) is 4. The van der Waals surface area contributed by atoms with Gasteiger partial charge in [0.2, 0.25) is 0 Å². The molecule has 0 fully saturated rings. The highest BCUT2D eigenvalue weighted by Gasteiger charge is 2.47. The third-order valence-corrected chi connectivity index (χ3v) is 3.61. The van der Waals surface area contributed by atoms with Crippen LogP contribution in [0, 0.1) is 6.92 Å². The van der Waals surface area contributed by atoms with Crippen molar-refractivity contribution in [1.82, 2.24) is 4.98 Å². The summed E-state index contributed by atoms with van der Waals surface area (Å²) in [6.45, 7) is 1.70. The Balaban J connectivity index is 2.10. The Labute approximate surface area is 141 Å². The first kappa shape index (κ1) is 16.7. The first-order valence-corrected chi connectivity index (χ1v) is 7.27. The van der Waals surface area contributed by atoms with Crippen LogP contribution < -0.4 is 10.7 Å². The second-order valence-electron chi connectivity index (χ2n) is 5.43. The van der Waals surface area contributed by atoms with E-state index in [-0.39, 0.29) is 5.82 Å². The number of aromatic nitrogens is 1. The number of nitrogens with two attached hydrogens (primary N) is 1. The van der Waals surface area contributed by atoms with Crippen LogP contribution in [0.5, 0.6) is 0 Å². The van der Waals surface area contributed by atoms with Crippen molar-refractivity contribution in [2.24, 2.45) is 5.10 Å². The van der Waals surface area contributed by atoms with E-state index < -0.39 is 23.4 Å². The van der Waals surface area contributed by atoms with Gasteiger partial charge in [-0.25, -0.2) is 4.98 Å². The summed E-state index contributed by atoms with van der Waals surface area (Å²) in [5.74, 6) is -0.867. The van der Waals surface area contributed by atoms with Crippen LogP contribution >= 0.6 is 0 Å². The number of alkyl halides is 3. The minimum absolute atomic E-state index is 0.0201. The van der Waals surface area contributed by atoms with Crippen LogP contribution in [0.3, 0.4) is 0 Å². The van der Waals surface area contributed by atoms with Crippen molar-refractivity contribution in [3.63, 3.8) is 0 Å². The molecule has 0 saturated heterocycles. The molecule has 2 aromatic rings. The van der Waals surface area contributed by atoms with Gasteiger partial charge in [0.25, 0.3) is 5.91 Å². The third kappa shape index (κ3) is 3.23. The smallest absolute Gasteiger partial charge is 0.399 e. The summed E-state index contributed by atoms with van der Waals surface area (Å²) in [5, 5.41) is 4.11. The van der Waals surface area contributed by atoms with Crippen molar-refractivity contribution < 1.29 is 18.0 Å². The normalized spacial score (nSPS) is 16.5. The van der Waals surface area contributed by atoms with Crippen LogP contribution in [0.2, 0.25) is 0 Å². The first-order valence-electron chi connectivity index (χ1n) is 7.27. The third-order valence-electron chi connectivity index (χ3n) is 3.61. The summed E-state index contributed by atoms with van der Waals surface area (Å²) in [4.78, 5) is 16.4. The van der Waals surface area contributed by atoms with Gasteiger partial charge in [0.05, 0.1) is 5.57 Å². The Morgan fingerprint density at radius 1 is 1.20 bits per heavy atom. The number of aryl methyl sites for hydroxylation is 1. The van der Waals surface area contributed by atoms with Crippen molar-refractivity contribution in [1.29, 1.82) is 0 Å². The Morgan fingerprint density at radius 2 is 1.96 bits per heavy atom. The van der Waals surface area contributed by atoms with E-state index in [4.69, 9.17) is 5.73 Å². The van der Waals surface area contributed by atoms with E-state index in [2.05, 4.69) is 10.1 Å². The summed E-state index contributed by atoms with van der Waals surface area (Å²) < 4.78 is 40.0. The van der Waals surface area contributed by atoms with Gasteiger partial charge in [-0.15, -0.1) is 0 Å². The number of amides is 1. The summed E-state index contributed by atoms with van der Waals surface area (Å²) in [7, 11) is 0. The molecule has 1 amide bonds. The number of hydrazone groups is 1. The minimum Gasteiger partial charge on any atom is -0.399 e. The largest absolute Gasteiger partial charge is 0.435 e. The van der Waals surface area contributed by atoms with E-state index in [0.29, 0.717) is 21.8 Å². The van der Waals surface area contributed by atoms with Crippen LogP contribution in [-0.2, 0) is 4.79 Å².